The molecule has 1 saturated carbocycles. The monoisotopic (exact) mass is 352 g/mol. The van der Waals surface area contributed by atoms with Crippen molar-refractivity contribution >= 4 is 11.8 Å². The molecular weight excluding hydrogens is 332 g/mol. The molecule has 0 radical (unpaired) electrons. The van der Waals surface area contributed by atoms with Gasteiger partial charge in [0.05, 0.1) is 0 Å². The number of piperidine rings is 1. The summed E-state index contributed by atoms with van der Waals surface area (Å²) in [6.07, 6.45) is 2.22. The Morgan fingerprint density at radius 2 is 1.91 bits per heavy atom. The van der Waals surface area contributed by atoms with Crippen LogP contribution in [-0.2, 0) is 13.5 Å². The first-order valence-electron chi connectivity index (χ1n) is 7.78. The molecule has 2 heterocycles. The quantitative estimate of drug-likeness (QED) is 0.654. The summed E-state index contributed by atoms with van der Waals surface area (Å²) in [5.41, 5.74) is 0. The molecule has 1 aromatic heterocycles. The third-order valence-electron chi connectivity index (χ3n) is 4.77. The summed E-state index contributed by atoms with van der Waals surface area (Å²) in [6.45, 7) is 1.99. The molecular formula is C14H20F4N4S. The van der Waals surface area contributed by atoms with Crippen molar-refractivity contribution in [3.8, 4) is 0 Å². The number of nitrogens with one attached hydrogen (secondary N) is 1. The van der Waals surface area contributed by atoms with Gasteiger partial charge in [0.25, 0.3) is 0 Å². The van der Waals surface area contributed by atoms with E-state index in [0.717, 1.165) is 49.9 Å². The van der Waals surface area contributed by atoms with Crippen LogP contribution in [0.25, 0.3) is 0 Å². The molecule has 9 heteroatoms. The Labute approximate surface area is 136 Å². The van der Waals surface area contributed by atoms with E-state index in [9.17, 15) is 17.6 Å². The van der Waals surface area contributed by atoms with E-state index in [4.69, 9.17) is 0 Å². The average Bonchev–Trinajstić information content (AvgIpc) is 2.85. The molecule has 3 rings (SSSR count). The molecule has 0 aromatic carbocycles. The second-order valence-corrected chi connectivity index (χ2v) is 7.38. The van der Waals surface area contributed by atoms with E-state index < -0.39 is 24.2 Å². The molecule has 1 aliphatic heterocycles. The van der Waals surface area contributed by atoms with Crippen molar-refractivity contribution in [1.29, 1.82) is 0 Å². The summed E-state index contributed by atoms with van der Waals surface area (Å²) in [4.78, 5) is 0. The zero-order chi connectivity index (χ0) is 16.7. The first kappa shape index (κ1) is 17.0. The highest BCUT2D eigenvalue weighted by atomic mass is 32.2. The molecule has 0 spiro atoms. The lowest BCUT2D eigenvalue weighted by Crippen LogP contribution is -2.59. The third-order valence-corrected chi connectivity index (χ3v) is 5.95. The van der Waals surface area contributed by atoms with Crippen LogP contribution >= 0.6 is 11.8 Å². The van der Waals surface area contributed by atoms with Crippen molar-refractivity contribution in [3.63, 3.8) is 0 Å². The highest BCUT2D eigenvalue weighted by molar-refractivity contribution is 7.99. The lowest BCUT2D eigenvalue weighted by atomic mass is 9.78. The fourth-order valence-electron chi connectivity index (χ4n) is 3.07. The standard InChI is InChI=1S/C14H20F4N4S/c1-22-11(6-9-2-4-19-5-3-9)20-21-12(22)23-8-10-7-13(15,16)14(10,17)18/h9-10,19H,2-8H2,1H3. The van der Waals surface area contributed by atoms with Crippen LogP contribution in [0.4, 0.5) is 17.6 Å². The maximum Gasteiger partial charge on any atom is 0.314 e. The van der Waals surface area contributed by atoms with E-state index in [0.29, 0.717) is 11.1 Å². The first-order chi connectivity index (χ1) is 10.8. The minimum absolute atomic E-state index is 0.0675. The van der Waals surface area contributed by atoms with Gasteiger partial charge >= 0.3 is 11.8 Å². The molecule has 1 atom stereocenters. The summed E-state index contributed by atoms with van der Waals surface area (Å²) in [5.74, 6) is -7.76. The van der Waals surface area contributed by atoms with Crippen LogP contribution in [0.15, 0.2) is 5.16 Å². The number of hydrogen-bond acceptors (Lipinski definition) is 4. The number of alkyl halides is 4. The normalized spacial score (nSPS) is 26.9. The molecule has 1 N–H and O–H groups in total. The van der Waals surface area contributed by atoms with Gasteiger partial charge in [-0.3, -0.25) is 0 Å². The van der Waals surface area contributed by atoms with E-state index in [1.807, 2.05) is 0 Å². The molecule has 130 valence electrons. The number of thioether (sulfide) groups is 1. The summed E-state index contributed by atoms with van der Waals surface area (Å²) in [7, 11) is 1.80. The number of aromatic nitrogens is 3. The highest BCUT2D eigenvalue weighted by Crippen LogP contribution is 2.56. The van der Waals surface area contributed by atoms with Gasteiger partial charge in [0.2, 0.25) is 0 Å². The van der Waals surface area contributed by atoms with Crippen LogP contribution in [0.5, 0.6) is 0 Å². The molecule has 1 unspecified atom stereocenters. The zero-order valence-electron chi connectivity index (χ0n) is 12.9. The molecule has 0 amide bonds. The Kier molecular flexibility index (Phi) is 4.61. The van der Waals surface area contributed by atoms with Gasteiger partial charge in [0.1, 0.15) is 5.82 Å². The maximum atomic E-state index is 13.3. The van der Waals surface area contributed by atoms with Gasteiger partial charge in [-0.2, -0.15) is 17.6 Å². The highest BCUT2D eigenvalue weighted by Gasteiger charge is 2.71. The fourth-order valence-corrected chi connectivity index (χ4v) is 4.15. The Morgan fingerprint density at radius 3 is 2.52 bits per heavy atom. The van der Waals surface area contributed by atoms with E-state index in [1.165, 1.54) is 0 Å². The average molecular weight is 352 g/mol. The molecule has 2 aliphatic rings. The Balaban J connectivity index is 1.55. The lowest BCUT2D eigenvalue weighted by molar-refractivity contribution is -0.307. The number of rotatable bonds is 5. The molecule has 0 bridgehead atoms. The van der Waals surface area contributed by atoms with Gasteiger partial charge in [-0.1, -0.05) is 11.8 Å². The topological polar surface area (TPSA) is 42.7 Å². The van der Waals surface area contributed by atoms with Crippen molar-refractivity contribution in [2.45, 2.75) is 42.7 Å². The van der Waals surface area contributed by atoms with Crippen LogP contribution in [0, 0.1) is 11.8 Å². The Hall–Kier alpha value is -0.830. The van der Waals surface area contributed by atoms with Gasteiger partial charge in [-0.15, -0.1) is 10.2 Å². The van der Waals surface area contributed by atoms with Crippen molar-refractivity contribution in [3.05, 3.63) is 5.82 Å². The van der Waals surface area contributed by atoms with E-state index in [1.54, 1.807) is 11.6 Å². The van der Waals surface area contributed by atoms with E-state index in [-0.39, 0.29) is 5.75 Å². The van der Waals surface area contributed by atoms with Crippen molar-refractivity contribution < 1.29 is 17.6 Å². The predicted molar refractivity (Wildman–Crippen MR) is 79.0 cm³/mol. The predicted octanol–water partition coefficient (Wildman–Crippen LogP) is 2.74. The second-order valence-electron chi connectivity index (χ2n) is 6.39. The largest absolute Gasteiger partial charge is 0.317 e. The molecule has 4 nitrogen and oxygen atoms in total. The van der Waals surface area contributed by atoms with Crippen molar-refractivity contribution in [2.75, 3.05) is 18.8 Å². The number of halogens is 4. The molecule has 2 fully saturated rings. The number of hydrogen-bond donors (Lipinski definition) is 1. The van der Waals surface area contributed by atoms with Crippen molar-refractivity contribution in [1.82, 2.24) is 20.1 Å². The lowest BCUT2D eigenvalue weighted by Gasteiger charge is -2.43. The summed E-state index contributed by atoms with van der Waals surface area (Å²) >= 11 is 1.08. The van der Waals surface area contributed by atoms with E-state index in [2.05, 4.69) is 15.5 Å². The Morgan fingerprint density at radius 1 is 1.22 bits per heavy atom. The molecule has 1 aromatic rings. The first-order valence-corrected chi connectivity index (χ1v) is 8.77. The Bertz CT molecular complexity index is 557. The summed E-state index contributed by atoms with van der Waals surface area (Å²) in [5, 5.41) is 12.0. The van der Waals surface area contributed by atoms with E-state index >= 15 is 0 Å². The smallest absolute Gasteiger partial charge is 0.314 e. The van der Waals surface area contributed by atoms with Gasteiger partial charge in [-0.25, -0.2) is 0 Å². The maximum absolute atomic E-state index is 13.3. The van der Waals surface area contributed by atoms with Crippen LogP contribution in [0.2, 0.25) is 0 Å². The SMILES string of the molecule is Cn1c(CC2CCNCC2)nnc1SCC1CC(F)(F)C1(F)F. The summed E-state index contributed by atoms with van der Waals surface area (Å²) < 4.78 is 54.0. The molecule has 1 aliphatic carbocycles. The van der Waals surface area contributed by atoms with Crippen molar-refractivity contribution in [2.24, 2.45) is 18.9 Å². The van der Waals surface area contributed by atoms with Gasteiger partial charge < -0.3 is 9.88 Å². The second kappa shape index (κ2) is 6.23. The van der Waals surface area contributed by atoms with Crippen LogP contribution in [-0.4, -0.2) is 45.5 Å². The zero-order valence-corrected chi connectivity index (χ0v) is 13.7. The van der Waals surface area contributed by atoms with Crippen LogP contribution < -0.4 is 5.32 Å². The van der Waals surface area contributed by atoms with Crippen LogP contribution in [0.3, 0.4) is 0 Å². The fraction of sp³-hybridized carbons (Fsp3) is 0.857. The van der Waals surface area contributed by atoms with Gasteiger partial charge in [0, 0.05) is 31.6 Å². The molecule has 23 heavy (non-hydrogen) atoms. The van der Waals surface area contributed by atoms with Crippen LogP contribution in [0.1, 0.15) is 25.1 Å². The minimum atomic E-state index is -3.91. The minimum Gasteiger partial charge on any atom is -0.317 e. The summed E-state index contributed by atoms with van der Waals surface area (Å²) in [6, 6.07) is 0. The third kappa shape index (κ3) is 3.22. The molecule has 1 saturated heterocycles. The van der Waals surface area contributed by atoms with Gasteiger partial charge in [0.15, 0.2) is 5.16 Å². The number of nitrogens with zero attached hydrogens (tertiary/aromatic N) is 3. The van der Waals surface area contributed by atoms with Gasteiger partial charge in [-0.05, 0) is 31.8 Å².